The zero-order chi connectivity index (χ0) is 12.1. The molecule has 4 atom stereocenters. The molecule has 2 rings (SSSR count). The van der Waals surface area contributed by atoms with Crippen molar-refractivity contribution < 1.29 is 9.35 Å². The quantitative estimate of drug-likeness (QED) is 0.561. The number of nitrogens with zero attached hydrogens (tertiary/aromatic N) is 1. The number of carbonyl (C=O) groups excluding carboxylic acids is 1. The van der Waals surface area contributed by atoms with Crippen molar-refractivity contribution in [1.29, 1.82) is 0 Å². The maximum absolute atomic E-state index is 12.3. The van der Waals surface area contributed by atoms with Crippen molar-refractivity contribution in [2.24, 2.45) is 5.92 Å². The molecule has 1 saturated carbocycles. The van der Waals surface area contributed by atoms with Gasteiger partial charge in [-0.15, -0.1) is 4.31 Å². The van der Waals surface area contributed by atoms with Crippen LogP contribution in [-0.2, 0) is 16.2 Å². The summed E-state index contributed by atoms with van der Waals surface area (Å²) < 4.78 is 14.0. The number of Topliss-reactive ketones (excluding diaryl/α,β-unsaturated/α-hetero) is 1. The zero-order valence-electron chi connectivity index (χ0n) is 10.5. The van der Waals surface area contributed by atoms with Crippen LogP contribution in [0.3, 0.4) is 0 Å². The molecule has 16 heavy (non-hydrogen) atoms. The van der Waals surface area contributed by atoms with Gasteiger partial charge in [0.1, 0.15) is 10.8 Å². The summed E-state index contributed by atoms with van der Waals surface area (Å²) in [6.45, 7) is 7.53. The molecule has 2 fully saturated rings. The normalized spacial score (nSPS) is 36.7. The van der Waals surface area contributed by atoms with E-state index in [1.54, 1.807) is 6.92 Å². The molecule has 92 valence electrons. The lowest BCUT2D eigenvalue weighted by Crippen LogP contribution is -2.36. The number of ketones is 1. The van der Waals surface area contributed by atoms with E-state index < -0.39 is 11.4 Å². The van der Waals surface area contributed by atoms with Gasteiger partial charge in [0.25, 0.3) is 0 Å². The summed E-state index contributed by atoms with van der Waals surface area (Å²) >= 11 is -1.03. The third-order valence-electron chi connectivity index (χ3n) is 3.57. The number of rotatable bonds is 3. The Bertz CT molecular complexity index is 296. The van der Waals surface area contributed by atoms with Crippen molar-refractivity contribution in [3.05, 3.63) is 0 Å². The zero-order valence-corrected chi connectivity index (χ0v) is 11.3. The van der Waals surface area contributed by atoms with E-state index in [4.69, 9.17) is 0 Å². The lowest BCUT2D eigenvalue weighted by molar-refractivity contribution is -0.117. The maximum atomic E-state index is 12.3. The van der Waals surface area contributed by atoms with Gasteiger partial charge in [0, 0.05) is 11.4 Å². The molecule has 1 aliphatic heterocycles. The minimum absolute atomic E-state index is 0.0645. The van der Waals surface area contributed by atoms with Gasteiger partial charge in [0.2, 0.25) is 0 Å². The molecule has 0 aromatic heterocycles. The van der Waals surface area contributed by atoms with Crippen molar-refractivity contribution in [3.63, 3.8) is 0 Å². The summed E-state index contributed by atoms with van der Waals surface area (Å²) in [5.74, 6) is 0.787. The van der Waals surface area contributed by atoms with E-state index >= 15 is 0 Å². The van der Waals surface area contributed by atoms with Gasteiger partial charge in [-0.1, -0.05) is 6.42 Å². The summed E-state index contributed by atoms with van der Waals surface area (Å²) in [7, 11) is 0. The molecule has 0 spiro atoms. The predicted octanol–water partition coefficient (Wildman–Crippen LogP) is 1.89. The first-order valence-electron chi connectivity index (χ1n) is 6.05. The second-order valence-electron chi connectivity index (χ2n) is 5.96. The molecule has 4 heteroatoms. The van der Waals surface area contributed by atoms with Crippen LogP contribution in [0.5, 0.6) is 0 Å². The fourth-order valence-corrected chi connectivity index (χ4v) is 3.99. The minimum atomic E-state index is -1.03. The smallest absolute Gasteiger partial charge is 0.153 e. The van der Waals surface area contributed by atoms with E-state index in [0.717, 1.165) is 0 Å². The van der Waals surface area contributed by atoms with E-state index in [0.29, 0.717) is 5.92 Å². The Balaban J connectivity index is 2.06. The molecule has 1 saturated heterocycles. The van der Waals surface area contributed by atoms with Crippen LogP contribution in [0.1, 0.15) is 47.0 Å². The van der Waals surface area contributed by atoms with Gasteiger partial charge in [0.05, 0.1) is 6.04 Å². The molecule has 1 aliphatic carbocycles. The Labute approximate surface area is 101 Å². The highest BCUT2D eigenvalue weighted by atomic mass is 32.2. The van der Waals surface area contributed by atoms with E-state index in [1.807, 2.05) is 25.1 Å². The molecule has 2 aliphatic rings. The van der Waals surface area contributed by atoms with E-state index in [9.17, 15) is 9.35 Å². The monoisotopic (exact) mass is 243 g/mol. The molecule has 0 N–H and O–H groups in total. The first-order chi connectivity index (χ1) is 7.34. The van der Waals surface area contributed by atoms with Gasteiger partial charge >= 0.3 is 0 Å². The van der Waals surface area contributed by atoms with Crippen molar-refractivity contribution in [3.8, 4) is 0 Å². The Hall–Kier alpha value is -0.0600. The largest absolute Gasteiger partial charge is 0.597 e. The highest BCUT2D eigenvalue weighted by Gasteiger charge is 2.64. The van der Waals surface area contributed by atoms with E-state index in [-0.39, 0.29) is 22.6 Å². The summed E-state index contributed by atoms with van der Waals surface area (Å²) in [4.78, 5) is 11.5. The molecule has 1 heterocycles. The van der Waals surface area contributed by atoms with Gasteiger partial charge in [-0.2, -0.15) is 0 Å². The number of hydrogen-bond donors (Lipinski definition) is 0. The standard InChI is InChI=1S/C12H21NO2S/c1-8(14)10-11(9-6-5-7-9)13(10)16(15)12(2,3)4/h9-11H,5-7H2,1-4H3/t10-,11+,13?,16?/m1/s1. The fourth-order valence-electron chi connectivity index (χ4n) is 2.43. The van der Waals surface area contributed by atoms with Crippen LogP contribution in [0.4, 0.5) is 0 Å². The summed E-state index contributed by atoms with van der Waals surface area (Å²) in [6.07, 6.45) is 3.67. The van der Waals surface area contributed by atoms with Gasteiger partial charge < -0.3 is 4.55 Å². The van der Waals surface area contributed by atoms with Crippen LogP contribution >= 0.6 is 0 Å². The molecule has 2 unspecified atom stereocenters. The van der Waals surface area contributed by atoms with Gasteiger partial charge in [-0.3, -0.25) is 4.79 Å². The fraction of sp³-hybridized carbons (Fsp3) is 0.917. The summed E-state index contributed by atoms with van der Waals surface area (Å²) in [6, 6.07) is 0.205. The second kappa shape index (κ2) is 4.00. The van der Waals surface area contributed by atoms with Crippen LogP contribution in [0.15, 0.2) is 0 Å². The number of carbonyl (C=O) groups is 1. The topological polar surface area (TPSA) is 43.1 Å². The highest BCUT2D eigenvalue weighted by Crippen LogP contribution is 2.48. The summed E-state index contributed by atoms with van der Waals surface area (Å²) in [5, 5.41) is 0. The lowest BCUT2D eigenvalue weighted by Gasteiger charge is -2.28. The first kappa shape index (κ1) is 12.4. The van der Waals surface area contributed by atoms with Gasteiger partial charge in [-0.05, 0) is 46.5 Å². The van der Waals surface area contributed by atoms with E-state index in [1.165, 1.54) is 19.3 Å². The van der Waals surface area contributed by atoms with Crippen molar-refractivity contribution in [1.82, 2.24) is 4.31 Å². The van der Waals surface area contributed by atoms with Crippen molar-refractivity contribution in [2.75, 3.05) is 0 Å². The molecule has 0 radical (unpaired) electrons. The third-order valence-corrected chi connectivity index (χ3v) is 5.47. The Kier molecular flexibility index (Phi) is 3.10. The third kappa shape index (κ3) is 2.03. The van der Waals surface area contributed by atoms with E-state index in [2.05, 4.69) is 0 Å². The Morgan fingerprint density at radius 1 is 1.38 bits per heavy atom. The van der Waals surface area contributed by atoms with Crippen LogP contribution in [0, 0.1) is 5.92 Å². The average molecular weight is 243 g/mol. The van der Waals surface area contributed by atoms with Gasteiger partial charge in [0.15, 0.2) is 5.78 Å². The molecular weight excluding hydrogens is 222 g/mol. The maximum Gasteiger partial charge on any atom is 0.153 e. The van der Waals surface area contributed by atoms with Gasteiger partial charge in [-0.25, -0.2) is 0 Å². The molecule has 0 bridgehead atoms. The van der Waals surface area contributed by atoms with Crippen molar-refractivity contribution >= 4 is 17.1 Å². The Morgan fingerprint density at radius 3 is 2.25 bits per heavy atom. The van der Waals surface area contributed by atoms with Crippen molar-refractivity contribution in [2.45, 2.75) is 63.8 Å². The van der Waals surface area contributed by atoms with Crippen LogP contribution in [-0.4, -0.2) is 31.5 Å². The van der Waals surface area contributed by atoms with Crippen LogP contribution < -0.4 is 0 Å². The van der Waals surface area contributed by atoms with Crippen LogP contribution in [0.25, 0.3) is 0 Å². The summed E-state index contributed by atoms with van der Waals surface area (Å²) in [5.41, 5.74) is 0. The lowest BCUT2D eigenvalue weighted by atomic mass is 9.81. The second-order valence-corrected chi connectivity index (χ2v) is 8.10. The predicted molar refractivity (Wildman–Crippen MR) is 65.3 cm³/mol. The SMILES string of the molecule is CC(=O)[C@@H]1[C@H](C2CCC2)N1[S+]([O-])C(C)(C)C. The molecular formula is C12H21NO2S. The van der Waals surface area contributed by atoms with Crippen LogP contribution in [0.2, 0.25) is 0 Å². The molecule has 0 aromatic carbocycles. The minimum Gasteiger partial charge on any atom is -0.597 e. The Morgan fingerprint density at radius 2 is 1.94 bits per heavy atom. The average Bonchev–Trinajstić information content (AvgIpc) is 2.73. The number of hydrogen-bond acceptors (Lipinski definition) is 3. The first-order valence-corrected chi connectivity index (χ1v) is 7.15. The molecule has 0 aromatic rings. The molecule has 3 nitrogen and oxygen atoms in total. The molecule has 0 amide bonds. The highest BCUT2D eigenvalue weighted by molar-refractivity contribution is 7.90.